The largest absolute Gasteiger partial charge is 0.495 e. The van der Waals surface area contributed by atoms with E-state index in [1.54, 1.807) is 13.2 Å². The van der Waals surface area contributed by atoms with Crippen LogP contribution in [-0.2, 0) is 4.79 Å². The van der Waals surface area contributed by atoms with Crippen molar-refractivity contribution < 1.29 is 9.53 Å². The van der Waals surface area contributed by atoms with Gasteiger partial charge in [0.15, 0.2) is 0 Å². The second kappa shape index (κ2) is 13.2. The van der Waals surface area contributed by atoms with Gasteiger partial charge in [0.05, 0.1) is 12.8 Å². The van der Waals surface area contributed by atoms with Gasteiger partial charge in [-0.2, -0.15) is 5.26 Å². The summed E-state index contributed by atoms with van der Waals surface area (Å²) in [7, 11) is 1.55. The molecule has 1 aliphatic rings. The van der Waals surface area contributed by atoms with Crippen LogP contribution in [0.15, 0.2) is 23.9 Å². The van der Waals surface area contributed by atoms with Gasteiger partial charge in [-0.3, -0.25) is 4.79 Å². The molecule has 0 unspecified atom stereocenters. The van der Waals surface area contributed by atoms with Crippen molar-refractivity contribution in [1.29, 1.82) is 5.26 Å². The van der Waals surface area contributed by atoms with Crippen molar-refractivity contribution in [3.8, 4) is 11.8 Å². The molecule has 1 fully saturated rings. The smallest absolute Gasteiger partial charge is 0.263 e. The standard InChI is InChI=1S/C24H34ClN3O2/c1-18-14-22(23(30-2)15-21(18)25)27-17-19(16-26)24(29)28-20-12-10-8-6-4-3-5-7-9-11-13-20/h14-15,17,20,27H,3-13H2,1-2H3,(H,28,29)/b19-17-. The summed E-state index contributed by atoms with van der Waals surface area (Å²) in [5, 5.41) is 16.2. The lowest BCUT2D eigenvalue weighted by molar-refractivity contribution is -0.117. The maximum absolute atomic E-state index is 12.7. The Morgan fingerprint density at radius 1 is 1.10 bits per heavy atom. The van der Waals surface area contributed by atoms with E-state index in [1.165, 1.54) is 51.1 Å². The third kappa shape index (κ3) is 7.91. The molecule has 0 saturated heterocycles. The number of anilines is 1. The molecule has 1 amide bonds. The first-order valence-corrected chi connectivity index (χ1v) is 11.4. The van der Waals surface area contributed by atoms with Crippen LogP contribution in [0.4, 0.5) is 5.69 Å². The lowest BCUT2D eigenvalue weighted by Crippen LogP contribution is -2.35. The minimum Gasteiger partial charge on any atom is -0.495 e. The van der Waals surface area contributed by atoms with Crippen LogP contribution < -0.4 is 15.4 Å². The number of aryl methyl sites for hydroxylation is 1. The number of carbonyl (C=O) groups is 1. The normalized spacial score (nSPS) is 17.2. The highest BCUT2D eigenvalue weighted by molar-refractivity contribution is 6.31. The number of rotatable bonds is 5. The maximum atomic E-state index is 12.7. The Labute approximate surface area is 185 Å². The van der Waals surface area contributed by atoms with Crippen LogP contribution >= 0.6 is 11.6 Å². The van der Waals surface area contributed by atoms with Crippen LogP contribution in [-0.4, -0.2) is 19.1 Å². The average molecular weight is 432 g/mol. The summed E-state index contributed by atoms with van der Waals surface area (Å²) in [4.78, 5) is 12.7. The molecule has 0 aliphatic heterocycles. The van der Waals surface area contributed by atoms with Gasteiger partial charge in [-0.15, -0.1) is 0 Å². The summed E-state index contributed by atoms with van der Waals surface area (Å²) in [5.41, 5.74) is 1.59. The zero-order chi connectivity index (χ0) is 21.8. The first kappa shape index (κ1) is 24.1. The highest BCUT2D eigenvalue weighted by Crippen LogP contribution is 2.31. The minimum absolute atomic E-state index is 0.0516. The molecular formula is C24H34ClN3O2. The van der Waals surface area contributed by atoms with E-state index in [1.807, 2.05) is 19.1 Å². The van der Waals surface area contributed by atoms with Crippen LogP contribution in [0.3, 0.4) is 0 Å². The molecule has 164 valence electrons. The van der Waals surface area contributed by atoms with Gasteiger partial charge in [0, 0.05) is 23.3 Å². The van der Waals surface area contributed by atoms with Crippen LogP contribution in [0.1, 0.15) is 76.2 Å². The third-order valence-electron chi connectivity index (χ3n) is 5.66. The first-order valence-electron chi connectivity index (χ1n) is 11.1. The third-order valence-corrected chi connectivity index (χ3v) is 6.07. The van der Waals surface area contributed by atoms with Crippen LogP contribution in [0, 0.1) is 18.3 Å². The van der Waals surface area contributed by atoms with Gasteiger partial charge >= 0.3 is 0 Å². The van der Waals surface area contributed by atoms with Crippen molar-refractivity contribution in [2.24, 2.45) is 0 Å². The number of benzene rings is 1. The lowest BCUT2D eigenvalue weighted by Gasteiger charge is -2.19. The number of nitrogens with zero attached hydrogens (tertiary/aromatic N) is 1. The van der Waals surface area contributed by atoms with Crippen LogP contribution in [0.5, 0.6) is 5.75 Å². The molecule has 0 bridgehead atoms. The van der Waals surface area contributed by atoms with Crippen molar-refractivity contribution in [2.75, 3.05) is 12.4 Å². The van der Waals surface area contributed by atoms with E-state index >= 15 is 0 Å². The predicted molar refractivity (Wildman–Crippen MR) is 123 cm³/mol. The fraction of sp³-hybridized carbons (Fsp3) is 0.583. The van der Waals surface area contributed by atoms with Crippen molar-refractivity contribution in [3.63, 3.8) is 0 Å². The van der Waals surface area contributed by atoms with E-state index in [0.29, 0.717) is 16.5 Å². The molecule has 0 spiro atoms. The molecule has 1 aromatic rings. The number of carbonyl (C=O) groups excluding carboxylic acids is 1. The van der Waals surface area contributed by atoms with Gasteiger partial charge < -0.3 is 15.4 Å². The van der Waals surface area contributed by atoms with E-state index in [2.05, 4.69) is 10.6 Å². The van der Waals surface area contributed by atoms with Crippen LogP contribution in [0.2, 0.25) is 5.02 Å². The zero-order valence-electron chi connectivity index (χ0n) is 18.2. The Morgan fingerprint density at radius 3 is 2.20 bits per heavy atom. The molecule has 6 heteroatoms. The number of nitriles is 1. The summed E-state index contributed by atoms with van der Waals surface area (Å²) in [6, 6.07) is 5.68. The number of amides is 1. The average Bonchev–Trinajstić information content (AvgIpc) is 2.72. The highest BCUT2D eigenvalue weighted by atomic mass is 35.5. The summed E-state index contributed by atoms with van der Waals surface area (Å²) in [6.45, 7) is 1.89. The monoisotopic (exact) mass is 431 g/mol. The summed E-state index contributed by atoms with van der Waals surface area (Å²) >= 11 is 6.14. The quantitative estimate of drug-likeness (QED) is 0.425. The Bertz CT molecular complexity index is 758. The fourth-order valence-corrected chi connectivity index (χ4v) is 3.97. The molecule has 1 saturated carbocycles. The Balaban J connectivity index is 2.01. The van der Waals surface area contributed by atoms with E-state index < -0.39 is 0 Å². The molecular weight excluding hydrogens is 398 g/mol. The van der Waals surface area contributed by atoms with Gasteiger partial charge in [-0.05, 0) is 31.4 Å². The maximum Gasteiger partial charge on any atom is 0.263 e. The molecule has 1 aliphatic carbocycles. The number of halogens is 1. The van der Waals surface area contributed by atoms with Crippen LogP contribution in [0.25, 0.3) is 0 Å². The lowest BCUT2D eigenvalue weighted by atomic mass is 9.98. The second-order valence-electron chi connectivity index (χ2n) is 8.05. The van der Waals surface area contributed by atoms with Crippen molar-refractivity contribution in [3.05, 3.63) is 34.5 Å². The van der Waals surface area contributed by atoms with Gasteiger partial charge in [-0.25, -0.2) is 0 Å². The fourth-order valence-electron chi connectivity index (χ4n) is 3.81. The number of methoxy groups -OCH3 is 1. The first-order chi connectivity index (χ1) is 14.5. The summed E-state index contributed by atoms with van der Waals surface area (Å²) in [6.07, 6.45) is 14.6. The molecule has 2 rings (SSSR count). The molecule has 0 atom stereocenters. The molecule has 0 radical (unpaired) electrons. The summed E-state index contributed by atoms with van der Waals surface area (Å²) < 4.78 is 5.34. The Kier molecular flexibility index (Phi) is 10.6. The number of ether oxygens (including phenoxy) is 1. The SMILES string of the molecule is COc1cc(Cl)c(C)cc1N/C=C(/C#N)C(=O)NC1CCCCCCCCCCC1. The van der Waals surface area contributed by atoms with Gasteiger partial charge in [0.2, 0.25) is 0 Å². The second-order valence-corrected chi connectivity index (χ2v) is 8.45. The Morgan fingerprint density at radius 2 is 1.67 bits per heavy atom. The van der Waals surface area contributed by atoms with Gasteiger partial charge in [-0.1, -0.05) is 69.4 Å². The molecule has 30 heavy (non-hydrogen) atoms. The van der Waals surface area contributed by atoms with Gasteiger partial charge in [0.1, 0.15) is 17.4 Å². The minimum atomic E-state index is -0.327. The molecule has 0 aromatic heterocycles. The summed E-state index contributed by atoms with van der Waals surface area (Å²) in [5.74, 6) is 0.227. The molecule has 2 N–H and O–H groups in total. The number of hydrogen-bond acceptors (Lipinski definition) is 4. The van der Waals surface area contributed by atoms with Gasteiger partial charge in [0.25, 0.3) is 5.91 Å². The van der Waals surface area contributed by atoms with E-state index in [4.69, 9.17) is 16.3 Å². The van der Waals surface area contributed by atoms with Crippen molar-refractivity contribution in [2.45, 2.75) is 83.6 Å². The van der Waals surface area contributed by atoms with Crippen molar-refractivity contribution >= 4 is 23.2 Å². The highest BCUT2D eigenvalue weighted by Gasteiger charge is 2.16. The number of hydrogen-bond donors (Lipinski definition) is 2. The predicted octanol–water partition coefficient (Wildman–Crippen LogP) is 6.27. The molecule has 5 nitrogen and oxygen atoms in total. The van der Waals surface area contributed by atoms with E-state index in [-0.39, 0.29) is 17.5 Å². The van der Waals surface area contributed by atoms with E-state index in [9.17, 15) is 10.1 Å². The Hall–Kier alpha value is -2.19. The van der Waals surface area contributed by atoms with Crippen molar-refractivity contribution in [1.82, 2.24) is 5.32 Å². The molecule has 1 aromatic carbocycles. The number of nitrogens with one attached hydrogen (secondary N) is 2. The molecule has 0 heterocycles. The topological polar surface area (TPSA) is 74.1 Å². The zero-order valence-corrected chi connectivity index (χ0v) is 19.0. The van der Waals surface area contributed by atoms with E-state index in [0.717, 1.165) is 31.2 Å².